The van der Waals surface area contributed by atoms with Crippen molar-refractivity contribution in [2.45, 2.75) is 6.42 Å². The van der Waals surface area contributed by atoms with E-state index in [0.717, 1.165) is 5.56 Å². The predicted molar refractivity (Wildman–Crippen MR) is 76.7 cm³/mol. The second kappa shape index (κ2) is 6.68. The molecule has 0 aliphatic carbocycles. The molecule has 1 amide bonds. The smallest absolute Gasteiger partial charge is 0.255 e. The van der Waals surface area contributed by atoms with Gasteiger partial charge in [-0.25, -0.2) is 4.98 Å². The van der Waals surface area contributed by atoms with Gasteiger partial charge in [-0.1, -0.05) is 29.3 Å². The number of hydrogen-bond acceptors (Lipinski definition) is 2. The Morgan fingerprint density at radius 1 is 1.30 bits per heavy atom. The van der Waals surface area contributed by atoms with Crippen LogP contribution in [0.2, 0.25) is 10.0 Å². The number of halogens is 3. The highest BCUT2D eigenvalue weighted by Gasteiger charge is 2.11. The van der Waals surface area contributed by atoms with Crippen molar-refractivity contribution in [3.8, 4) is 0 Å². The van der Waals surface area contributed by atoms with Crippen molar-refractivity contribution in [2.75, 3.05) is 6.54 Å². The molecule has 6 heteroatoms. The summed E-state index contributed by atoms with van der Waals surface area (Å²) in [7, 11) is 0. The second-order valence-electron chi connectivity index (χ2n) is 4.08. The maximum atomic E-state index is 13.3. The highest BCUT2D eigenvalue weighted by Crippen LogP contribution is 2.21. The monoisotopic (exact) mass is 312 g/mol. The molecule has 1 heterocycles. The van der Waals surface area contributed by atoms with E-state index in [0.29, 0.717) is 23.0 Å². The van der Waals surface area contributed by atoms with Gasteiger partial charge in [0, 0.05) is 22.8 Å². The summed E-state index contributed by atoms with van der Waals surface area (Å²) in [6.07, 6.45) is 1.82. The summed E-state index contributed by atoms with van der Waals surface area (Å²) in [5, 5.41) is 3.72. The molecule has 2 rings (SSSR count). The van der Waals surface area contributed by atoms with Crippen molar-refractivity contribution in [1.82, 2.24) is 10.3 Å². The third-order valence-corrected chi connectivity index (χ3v) is 3.29. The summed E-state index contributed by atoms with van der Waals surface area (Å²) in [6, 6.07) is 8.05. The Balaban J connectivity index is 1.93. The SMILES string of the molecule is O=C(NCCc1ccc(Cl)cc1Cl)c1cccnc1F. The highest BCUT2D eigenvalue weighted by molar-refractivity contribution is 6.35. The molecule has 1 aromatic carbocycles. The highest BCUT2D eigenvalue weighted by atomic mass is 35.5. The van der Waals surface area contributed by atoms with E-state index in [2.05, 4.69) is 10.3 Å². The second-order valence-corrected chi connectivity index (χ2v) is 4.93. The molecule has 0 fully saturated rings. The Bertz CT molecular complexity index is 634. The van der Waals surface area contributed by atoms with Crippen LogP contribution >= 0.6 is 23.2 Å². The molecule has 0 aliphatic rings. The van der Waals surface area contributed by atoms with E-state index in [-0.39, 0.29) is 5.56 Å². The average Bonchev–Trinajstić information content (AvgIpc) is 2.41. The zero-order valence-electron chi connectivity index (χ0n) is 10.4. The molecule has 0 spiro atoms. The number of hydrogen-bond donors (Lipinski definition) is 1. The number of nitrogens with one attached hydrogen (secondary N) is 1. The van der Waals surface area contributed by atoms with Crippen LogP contribution in [0.3, 0.4) is 0 Å². The van der Waals surface area contributed by atoms with Gasteiger partial charge >= 0.3 is 0 Å². The molecular weight excluding hydrogens is 302 g/mol. The van der Waals surface area contributed by atoms with E-state index in [1.54, 1.807) is 18.2 Å². The number of carbonyl (C=O) groups excluding carboxylic acids is 1. The number of pyridine rings is 1. The number of benzene rings is 1. The Hall–Kier alpha value is -1.65. The summed E-state index contributed by atoms with van der Waals surface area (Å²) in [6.45, 7) is 0.342. The van der Waals surface area contributed by atoms with Crippen LogP contribution in [0, 0.1) is 5.95 Å². The van der Waals surface area contributed by atoms with Gasteiger partial charge in [0.1, 0.15) is 0 Å². The van der Waals surface area contributed by atoms with Gasteiger partial charge in [-0.05, 0) is 36.2 Å². The molecule has 0 radical (unpaired) electrons. The Labute approximate surface area is 125 Å². The molecule has 104 valence electrons. The summed E-state index contributed by atoms with van der Waals surface area (Å²) in [5.41, 5.74) is 0.790. The first-order valence-corrected chi connectivity index (χ1v) is 6.66. The number of aromatic nitrogens is 1. The van der Waals surface area contributed by atoms with Crippen molar-refractivity contribution in [2.24, 2.45) is 0 Å². The lowest BCUT2D eigenvalue weighted by atomic mass is 10.1. The van der Waals surface area contributed by atoms with Crippen molar-refractivity contribution in [3.63, 3.8) is 0 Å². The maximum Gasteiger partial charge on any atom is 0.255 e. The van der Waals surface area contributed by atoms with Gasteiger partial charge in [-0.3, -0.25) is 4.79 Å². The molecular formula is C14H11Cl2FN2O. The van der Waals surface area contributed by atoms with Crippen LogP contribution in [0.15, 0.2) is 36.5 Å². The van der Waals surface area contributed by atoms with Crippen LogP contribution < -0.4 is 5.32 Å². The zero-order valence-corrected chi connectivity index (χ0v) is 11.9. The Morgan fingerprint density at radius 2 is 2.10 bits per heavy atom. The van der Waals surface area contributed by atoms with Crippen molar-refractivity contribution < 1.29 is 9.18 Å². The molecule has 1 aromatic heterocycles. The largest absolute Gasteiger partial charge is 0.352 e. The van der Waals surface area contributed by atoms with E-state index in [1.807, 2.05) is 0 Å². The summed E-state index contributed by atoms with van der Waals surface area (Å²) in [4.78, 5) is 15.2. The molecule has 2 aromatic rings. The van der Waals surface area contributed by atoms with Gasteiger partial charge in [0.25, 0.3) is 5.91 Å². The van der Waals surface area contributed by atoms with Gasteiger partial charge < -0.3 is 5.32 Å². The van der Waals surface area contributed by atoms with Crippen LogP contribution in [0.5, 0.6) is 0 Å². The van der Waals surface area contributed by atoms with E-state index < -0.39 is 11.9 Å². The van der Waals surface area contributed by atoms with E-state index in [4.69, 9.17) is 23.2 Å². The third kappa shape index (κ3) is 3.68. The first kappa shape index (κ1) is 14.8. The topological polar surface area (TPSA) is 42.0 Å². The molecule has 0 unspecified atom stereocenters. The molecule has 0 aliphatic heterocycles. The third-order valence-electron chi connectivity index (χ3n) is 2.70. The average molecular weight is 313 g/mol. The number of nitrogens with zero attached hydrogens (tertiary/aromatic N) is 1. The van der Waals surface area contributed by atoms with Crippen LogP contribution in [0.25, 0.3) is 0 Å². The summed E-state index contributed by atoms with van der Waals surface area (Å²) < 4.78 is 13.3. The molecule has 3 nitrogen and oxygen atoms in total. The van der Waals surface area contributed by atoms with Crippen LogP contribution in [0.1, 0.15) is 15.9 Å². The van der Waals surface area contributed by atoms with Crippen molar-refractivity contribution in [3.05, 3.63) is 63.6 Å². The molecule has 0 atom stereocenters. The Kier molecular flexibility index (Phi) is 4.93. The van der Waals surface area contributed by atoms with Crippen LogP contribution in [0.4, 0.5) is 4.39 Å². The lowest BCUT2D eigenvalue weighted by Crippen LogP contribution is -2.26. The molecule has 1 N–H and O–H groups in total. The molecule has 0 saturated carbocycles. The van der Waals surface area contributed by atoms with Gasteiger partial charge in [-0.2, -0.15) is 4.39 Å². The lowest BCUT2D eigenvalue weighted by molar-refractivity contribution is 0.0949. The number of rotatable bonds is 4. The molecule has 0 bridgehead atoms. The van der Waals surface area contributed by atoms with E-state index in [1.165, 1.54) is 18.3 Å². The molecule has 20 heavy (non-hydrogen) atoms. The van der Waals surface area contributed by atoms with E-state index in [9.17, 15) is 9.18 Å². The maximum absolute atomic E-state index is 13.3. The fourth-order valence-electron chi connectivity index (χ4n) is 1.69. The zero-order chi connectivity index (χ0) is 14.5. The van der Waals surface area contributed by atoms with Crippen LogP contribution in [-0.2, 0) is 6.42 Å². The first-order chi connectivity index (χ1) is 9.58. The van der Waals surface area contributed by atoms with Gasteiger partial charge in [-0.15, -0.1) is 0 Å². The number of amides is 1. The van der Waals surface area contributed by atoms with Crippen molar-refractivity contribution in [1.29, 1.82) is 0 Å². The molecule has 0 saturated heterocycles. The predicted octanol–water partition coefficient (Wildman–Crippen LogP) is 3.50. The lowest BCUT2D eigenvalue weighted by Gasteiger charge is -2.07. The first-order valence-electron chi connectivity index (χ1n) is 5.90. The van der Waals surface area contributed by atoms with Gasteiger partial charge in [0.05, 0.1) is 5.56 Å². The minimum atomic E-state index is -0.783. The fourth-order valence-corrected chi connectivity index (χ4v) is 2.19. The number of carbonyl (C=O) groups is 1. The normalized spacial score (nSPS) is 10.3. The quantitative estimate of drug-likeness (QED) is 0.878. The summed E-state index contributed by atoms with van der Waals surface area (Å²) >= 11 is 11.8. The fraction of sp³-hybridized carbons (Fsp3) is 0.143. The van der Waals surface area contributed by atoms with Crippen LogP contribution in [-0.4, -0.2) is 17.4 Å². The van der Waals surface area contributed by atoms with Gasteiger partial charge in [0.2, 0.25) is 5.95 Å². The van der Waals surface area contributed by atoms with Crippen molar-refractivity contribution >= 4 is 29.1 Å². The minimum Gasteiger partial charge on any atom is -0.352 e. The Morgan fingerprint density at radius 3 is 2.80 bits per heavy atom. The standard InChI is InChI=1S/C14H11Cl2FN2O/c15-10-4-3-9(12(16)8-10)5-7-19-14(20)11-2-1-6-18-13(11)17/h1-4,6,8H,5,7H2,(H,19,20). The summed E-state index contributed by atoms with van der Waals surface area (Å²) in [5.74, 6) is -1.28. The van der Waals surface area contributed by atoms with Gasteiger partial charge in [0.15, 0.2) is 0 Å². The minimum absolute atomic E-state index is 0.0743. The van der Waals surface area contributed by atoms with E-state index >= 15 is 0 Å².